The van der Waals surface area contributed by atoms with Crippen molar-refractivity contribution in [3.63, 3.8) is 0 Å². The summed E-state index contributed by atoms with van der Waals surface area (Å²) in [5, 5.41) is 7.20. The molecule has 0 radical (unpaired) electrons. The van der Waals surface area contributed by atoms with Crippen molar-refractivity contribution in [1.82, 2.24) is 0 Å². The van der Waals surface area contributed by atoms with E-state index in [4.69, 9.17) is 11.1 Å². The van der Waals surface area contributed by atoms with Gasteiger partial charge in [-0.25, -0.2) is 0 Å². The van der Waals surface area contributed by atoms with Gasteiger partial charge in [0.05, 0.1) is 5.56 Å². The van der Waals surface area contributed by atoms with E-state index in [1.807, 2.05) is 4.90 Å². The monoisotopic (exact) mass is 257 g/mol. The Kier molecular flexibility index (Phi) is 3.19. The van der Waals surface area contributed by atoms with E-state index in [2.05, 4.69) is 0 Å². The number of hydrogen-bond acceptors (Lipinski definition) is 2. The minimum atomic E-state index is -4.49. The molecule has 1 saturated heterocycles. The Morgan fingerprint density at radius 1 is 1.22 bits per heavy atom. The first-order valence-corrected chi connectivity index (χ1v) is 5.70. The lowest BCUT2D eigenvalue weighted by Crippen LogP contribution is -2.22. The third-order valence-electron chi connectivity index (χ3n) is 3.07. The maximum Gasteiger partial charge on any atom is 0.417 e. The highest BCUT2D eigenvalue weighted by Crippen LogP contribution is 2.35. The van der Waals surface area contributed by atoms with Crippen LogP contribution in [0.4, 0.5) is 18.9 Å². The van der Waals surface area contributed by atoms with Crippen LogP contribution in [-0.4, -0.2) is 18.9 Å². The van der Waals surface area contributed by atoms with Crippen molar-refractivity contribution in [3.05, 3.63) is 29.3 Å². The van der Waals surface area contributed by atoms with Crippen molar-refractivity contribution >= 4 is 11.5 Å². The number of nitrogens with zero attached hydrogens (tertiary/aromatic N) is 1. The van der Waals surface area contributed by atoms with Crippen LogP contribution >= 0.6 is 0 Å². The number of amidine groups is 1. The van der Waals surface area contributed by atoms with Gasteiger partial charge < -0.3 is 10.6 Å². The summed E-state index contributed by atoms with van der Waals surface area (Å²) in [5.41, 5.74) is 4.64. The van der Waals surface area contributed by atoms with E-state index in [0.29, 0.717) is 5.69 Å². The molecular formula is C12H14F3N3. The summed E-state index contributed by atoms with van der Waals surface area (Å²) >= 11 is 0. The van der Waals surface area contributed by atoms with E-state index in [9.17, 15) is 13.2 Å². The summed E-state index contributed by atoms with van der Waals surface area (Å²) in [6.07, 6.45) is -2.50. The minimum absolute atomic E-state index is 0.259. The molecule has 1 fully saturated rings. The molecule has 0 aliphatic carbocycles. The van der Waals surface area contributed by atoms with Crippen LogP contribution in [-0.2, 0) is 6.18 Å². The van der Waals surface area contributed by atoms with Gasteiger partial charge in [-0.15, -0.1) is 0 Å². The van der Waals surface area contributed by atoms with E-state index in [0.717, 1.165) is 32.0 Å². The lowest BCUT2D eigenvalue weighted by atomic mass is 10.0. The Morgan fingerprint density at radius 2 is 1.83 bits per heavy atom. The largest absolute Gasteiger partial charge is 0.417 e. The van der Waals surface area contributed by atoms with Gasteiger partial charge in [-0.05, 0) is 31.0 Å². The summed E-state index contributed by atoms with van der Waals surface area (Å²) in [7, 11) is 0. The van der Waals surface area contributed by atoms with Gasteiger partial charge in [-0.2, -0.15) is 13.2 Å². The molecule has 3 N–H and O–H groups in total. The quantitative estimate of drug-likeness (QED) is 0.632. The van der Waals surface area contributed by atoms with Gasteiger partial charge in [-0.1, -0.05) is 0 Å². The van der Waals surface area contributed by atoms with Gasteiger partial charge >= 0.3 is 6.18 Å². The molecule has 1 aliphatic heterocycles. The molecule has 1 aromatic rings. The summed E-state index contributed by atoms with van der Waals surface area (Å²) in [6.45, 7) is 1.55. The molecule has 2 rings (SSSR count). The average Bonchev–Trinajstić information content (AvgIpc) is 2.80. The van der Waals surface area contributed by atoms with E-state index in [-0.39, 0.29) is 5.56 Å². The van der Waals surface area contributed by atoms with Gasteiger partial charge in [0.1, 0.15) is 5.84 Å². The van der Waals surface area contributed by atoms with Gasteiger partial charge in [-0.3, -0.25) is 5.41 Å². The maximum absolute atomic E-state index is 12.9. The molecule has 3 nitrogen and oxygen atoms in total. The van der Waals surface area contributed by atoms with Crippen molar-refractivity contribution < 1.29 is 13.2 Å². The Hall–Kier alpha value is -1.72. The molecule has 1 aliphatic rings. The number of benzene rings is 1. The van der Waals surface area contributed by atoms with E-state index in [1.54, 1.807) is 6.07 Å². The molecule has 0 amide bonds. The second-order valence-corrected chi connectivity index (χ2v) is 4.34. The number of nitrogen functional groups attached to an aromatic ring is 1. The number of nitrogens with one attached hydrogen (secondary N) is 1. The Morgan fingerprint density at radius 3 is 2.33 bits per heavy atom. The lowest BCUT2D eigenvalue weighted by molar-refractivity contribution is -0.137. The summed E-state index contributed by atoms with van der Waals surface area (Å²) < 4.78 is 38.7. The predicted octanol–water partition coefficient (Wildman–Crippen LogP) is 2.59. The summed E-state index contributed by atoms with van der Waals surface area (Å²) in [6, 6.07) is 3.96. The average molecular weight is 257 g/mol. The zero-order valence-corrected chi connectivity index (χ0v) is 9.72. The summed E-state index contributed by atoms with van der Waals surface area (Å²) in [4.78, 5) is 1.92. The number of hydrogen-bond donors (Lipinski definition) is 2. The normalized spacial score (nSPS) is 16.1. The molecule has 0 atom stereocenters. The first kappa shape index (κ1) is 12.7. The number of alkyl halides is 3. The zero-order chi connectivity index (χ0) is 13.3. The number of anilines is 1. The van der Waals surface area contributed by atoms with Gasteiger partial charge in [0.2, 0.25) is 0 Å². The van der Waals surface area contributed by atoms with Crippen LogP contribution in [0.3, 0.4) is 0 Å². The van der Waals surface area contributed by atoms with Crippen molar-refractivity contribution in [2.24, 2.45) is 5.73 Å². The molecule has 1 aromatic carbocycles. The van der Waals surface area contributed by atoms with E-state index >= 15 is 0 Å². The van der Waals surface area contributed by atoms with Gasteiger partial charge in [0, 0.05) is 24.3 Å². The second-order valence-electron chi connectivity index (χ2n) is 4.34. The third-order valence-corrected chi connectivity index (χ3v) is 3.07. The molecule has 0 bridgehead atoms. The fourth-order valence-corrected chi connectivity index (χ4v) is 2.17. The highest BCUT2D eigenvalue weighted by Gasteiger charge is 2.34. The maximum atomic E-state index is 12.9. The number of halogens is 3. The molecule has 1 heterocycles. The topological polar surface area (TPSA) is 53.1 Å². The third kappa shape index (κ3) is 2.42. The van der Waals surface area contributed by atoms with Crippen LogP contribution in [0.2, 0.25) is 0 Å². The van der Waals surface area contributed by atoms with Crippen molar-refractivity contribution in [3.8, 4) is 0 Å². The van der Waals surface area contributed by atoms with Crippen molar-refractivity contribution in [1.29, 1.82) is 5.41 Å². The first-order valence-electron chi connectivity index (χ1n) is 5.70. The SMILES string of the molecule is N=C(N)c1ccc(N2CCCC2)cc1C(F)(F)F. The Bertz CT molecular complexity index is 462. The predicted molar refractivity (Wildman–Crippen MR) is 63.9 cm³/mol. The molecule has 0 saturated carbocycles. The molecule has 6 heteroatoms. The standard InChI is InChI=1S/C12H14F3N3/c13-12(14,15)10-7-8(18-5-1-2-6-18)3-4-9(10)11(16)17/h3-4,7H,1-2,5-6H2,(H3,16,17). The van der Waals surface area contributed by atoms with Crippen LogP contribution in [0.1, 0.15) is 24.0 Å². The zero-order valence-electron chi connectivity index (χ0n) is 9.72. The van der Waals surface area contributed by atoms with Crippen molar-refractivity contribution in [2.75, 3.05) is 18.0 Å². The Labute approximate surface area is 103 Å². The lowest BCUT2D eigenvalue weighted by Gasteiger charge is -2.20. The van der Waals surface area contributed by atoms with Crippen LogP contribution < -0.4 is 10.6 Å². The fourth-order valence-electron chi connectivity index (χ4n) is 2.17. The minimum Gasteiger partial charge on any atom is -0.384 e. The molecule has 0 spiro atoms. The number of rotatable bonds is 2. The molecule has 18 heavy (non-hydrogen) atoms. The number of nitrogens with two attached hydrogens (primary N) is 1. The van der Waals surface area contributed by atoms with E-state index < -0.39 is 17.6 Å². The Balaban J connectivity index is 2.45. The molecular weight excluding hydrogens is 243 g/mol. The molecule has 0 aromatic heterocycles. The highest BCUT2D eigenvalue weighted by molar-refractivity contribution is 5.97. The van der Waals surface area contributed by atoms with Crippen LogP contribution in [0.5, 0.6) is 0 Å². The summed E-state index contributed by atoms with van der Waals surface area (Å²) in [5.74, 6) is -0.560. The van der Waals surface area contributed by atoms with Crippen LogP contribution in [0, 0.1) is 5.41 Å². The fraction of sp³-hybridized carbons (Fsp3) is 0.417. The van der Waals surface area contributed by atoms with Crippen LogP contribution in [0.15, 0.2) is 18.2 Å². The first-order chi connectivity index (χ1) is 8.39. The smallest absolute Gasteiger partial charge is 0.384 e. The van der Waals surface area contributed by atoms with Gasteiger partial charge in [0.25, 0.3) is 0 Å². The highest BCUT2D eigenvalue weighted by atomic mass is 19.4. The van der Waals surface area contributed by atoms with Crippen molar-refractivity contribution in [2.45, 2.75) is 19.0 Å². The second kappa shape index (κ2) is 4.51. The van der Waals surface area contributed by atoms with Crippen LogP contribution in [0.25, 0.3) is 0 Å². The van der Waals surface area contributed by atoms with E-state index in [1.165, 1.54) is 6.07 Å². The van der Waals surface area contributed by atoms with Gasteiger partial charge in [0.15, 0.2) is 0 Å². The molecule has 0 unspecified atom stereocenters. The molecule has 98 valence electrons.